The number of aliphatic carboxylic acids is 2. The number of aldehydes is 1. The van der Waals surface area contributed by atoms with E-state index < -0.39 is 11.9 Å². The van der Waals surface area contributed by atoms with Crippen LogP contribution >= 0.6 is 0 Å². The summed E-state index contributed by atoms with van der Waals surface area (Å²) in [4.78, 5) is 41.5. The lowest BCUT2D eigenvalue weighted by Crippen LogP contribution is -2.47. The minimum absolute atomic E-state index is 0.0894. The summed E-state index contributed by atoms with van der Waals surface area (Å²) in [5, 5.41) is 18.5. The molecule has 0 unspecified atom stereocenters. The molecule has 1 aromatic carbocycles. The van der Waals surface area contributed by atoms with Crippen LogP contribution in [0, 0.1) is 0 Å². The monoisotopic (exact) mass is 435 g/mol. The van der Waals surface area contributed by atoms with E-state index in [2.05, 4.69) is 4.90 Å². The zero-order valence-corrected chi connectivity index (χ0v) is 17.9. The molecule has 0 radical (unpaired) electrons. The largest absolute Gasteiger partial charge is 0.480 e. The average molecular weight is 436 g/mol. The van der Waals surface area contributed by atoms with Crippen molar-refractivity contribution in [1.29, 1.82) is 0 Å². The third-order valence-electron chi connectivity index (χ3n) is 5.37. The Hall–Kier alpha value is -2.53. The van der Waals surface area contributed by atoms with E-state index in [1.165, 1.54) is 0 Å². The minimum Gasteiger partial charge on any atom is -0.480 e. The fraction of sp³-hybridized carbons (Fsp3) is 0.571. The Morgan fingerprint density at radius 3 is 1.61 bits per heavy atom. The molecule has 0 aromatic heterocycles. The topological polar surface area (TPSA) is 131 Å². The summed E-state index contributed by atoms with van der Waals surface area (Å²) in [6.45, 7) is 5.35. The maximum Gasteiger partial charge on any atom is 0.317 e. The molecular formula is C21H33N5O5. The molecule has 0 bridgehead atoms. The van der Waals surface area contributed by atoms with Gasteiger partial charge in [-0.1, -0.05) is 12.1 Å². The first-order valence-electron chi connectivity index (χ1n) is 10.5. The highest BCUT2D eigenvalue weighted by molar-refractivity contribution is 5.69. The zero-order valence-electron chi connectivity index (χ0n) is 17.9. The van der Waals surface area contributed by atoms with Gasteiger partial charge in [0.1, 0.15) is 6.29 Å². The maximum atomic E-state index is 11.3. The Labute approximate surface area is 182 Å². The normalized spacial score (nSPS) is 18.7. The molecule has 1 fully saturated rings. The van der Waals surface area contributed by atoms with Crippen molar-refractivity contribution in [3.63, 3.8) is 0 Å². The van der Waals surface area contributed by atoms with Crippen LogP contribution in [0.3, 0.4) is 0 Å². The van der Waals surface area contributed by atoms with Crippen molar-refractivity contribution in [2.24, 2.45) is 0 Å². The SMILES string of the molecule is Nc1ccc(CN2CCN(CC=O)CCN(CC(=O)O)CCN(CC(=O)O)CC2)cc1. The van der Waals surface area contributed by atoms with E-state index >= 15 is 0 Å². The third kappa shape index (κ3) is 9.88. The van der Waals surface area contributed by atoms with Gasteiger partial charge < -0.3 is 20.7 Å². The molecule has 1 aromatic rings. The number of carbonyl (C=O) groups is 3. The fourth-order valence-electron chi connectivity index (χ4n) is 3.60. The Morgan fingerprint density at radius 1 is 0.774 bits per heavy atom. The van der Waals surface area contributed by atoms with Gasteiger partial charge in [-0.2, -0.15) is 0 Å². The standard InChI is InChI=1S/C21H33N5O5/c22-19-3-1-18(2-4-19)15-24-7-5-23(13-14-27)6-8-25(16-20(28)29)11-12-26(10-9-24)17-21(30)31/h1-4,14H,5-13,15-17,22H2,(H,28,29)(H,30,31). The smallest absolute Gasteiger partial charge is 0.317 e. The summed E-state index contributed by atoms with van der Waals surface area (Å²) in [6, 6.07) is 7.68. The van der Waals surface area contributed by atoms with Crippen LogP contribution in [-0.4, -0.2) is 120 Å². The average Bonchev–Trinajstić information content (AvgIpc) is 2.70. The summed E-state index contributed by atoms with van der Waals surface area (Å²) in [6.07, 6.45) is 0.867. The van der Waals surface area contributed by atoms with E-state index in [9.17, 15) is 24.6 Å². The first kappa shape index (κ1) is 24.7. The van der Waals surface area contributed by atoms with Crippen molar-refractivity contribution < 1.29 is 24.6 Å². The predicted molar refractivity (Wildman–Crippen MR) is 117 cm³/mol. The number of carboxylic acids is 2. The Bertz CT molecular complexity index is 715. The molecule has 4 N–H and O–H groups in total. The van der Waals surface area contributed by atoms with Crippen LogP contribution in [0.25, 0.3) is 0 Å². The van der Waals surface area contributed by atoms with Crippen LogP contribution < -0.4 is 5.73 Å². The van der Waals surface area contributed by atoms with E-state index in [-0.39, 0.29) is 13.1 Å². The number of hydrogen-bond donors (Lipinski definition) is 3. The number of nitrogens with two attached hydrogens (primary N) is 1. The molecule has 0 atom stereocenters. The third-order valence-corrected chi connectivity index (χ3v) is 5.37. The number of anilines is 1. The maximum absolute atomic E-state index is 11.3. The number of carboxylic acid groups (broad SMARTS) is 2. The highest BCUT2D eigenvalue weighted by Gasteiger charge is 2.19. The van der Waals surface area contributed by atoms with Crippen LogP contribution in [0.1, 0.15) is 5.56 Å². The van der Waals surface area contributed by atoms with Gasteiger partial charge in [0.05, 0.1) is 19.6 Å². The molecule has 1 saturated heterocycles. The highest BCUT2D eigenvalue weighted by atomic mass is 16.4. The summed E-state index contributed by atoms with van der Waals surface area (Å²) in [5.74, 6) is -1.83. The number of rotatable bonds is 8. The van der Waals surface area contributed by atoms with Gasteiger partial charge in [-0.15, -0.1) is 0 Å². The number of nitrogens with zero attached hydrogens (tertiary/aromatic N) is 4. The molecule has 172 valence electrons. The molecule has 1 aliphatic rings. The molecule has 1 aliphatic heterocycles. The molecule has 0 aliphatic carbocycles. The summed E-state index contributed by atoms with van der Waals surface area (Å²) in [5.41, 5.74) is 7.59. The molecule has 1 heterocycles. The molecule has 2 rings (SSSR count). The van der Waals surface area contributed by atoms with Crippen LogP contribution in [0.5, 0.6) is 0 Å². The van der Waals surface area contributed by atoms with Crippen LogP contribution in [0.15, 0.2) is 24.3 Å². The summed E-state index contributed by atoms with van der Waals surface area (Å²) >= 11 is 0. The van der Waals surface area contributed by atoms with Crippen molar-refractivity contribution in [3.05, 3.63) is 29.8 Å². The number of benzene rings is 1. The molecular weight excluding hydrogens is 402 g/mol. The Morgan fingerprint density at radius 2 is 1.19 bits per heavy atom. The van der Waals surface area contributed by atoms with Crippen molar-refractivity contribution >= 4 is 23.9 Å². The van der Waals surface area contributed by atoms with E-state index in [1.807, 2.05) is 34.1 Å². The molecule has 0 amide bonds. The molecule has 10 nitrogen and oxygen atoms in total. The summed E-state index contributed by atoms with van der Waals surface area (Å²) in [7, 11) is 0. The first-order chi connectivity index (χ1) is 14.9. The Balaban J connectivity index is 2.12. The minimum atomic E-state index is -0.923. The second-order valence-corrected chi connectivity index (χ2v) is 7.82. The van der Waals surface area contributed by atoms with E-state index in [0.29, 0.717) is 71.1 Å². The highest BCUT2D eigenvalue weighted by Crippen LogP contribution is 2.10. The lowest BCUT2D eigenvalue weighted by Gasteiger charge is -2.33. The van der Waals surface area contributed by atoms with Crippen LogP contribution in [0.4, 0.5) is 5.69 Å². The first-order valence-corrected chi connectivity index (χ1v) is 10.5. The van der Waals surface area contributed by atoms with Crippen molar-refractivity contribution in [2.75, 3.05) is 77.7 Å². The van der Waals surface area contributed by atoms with Crippen molar-refractivity contribution in [1.82, 2.24) is 19.6 Å². The van der Waals surface area contributed by atoms with Gasteiger partial charge in [-0.25, -0.2) is 0 Å². The fourth-order valence-corrected chi connectivity index (χ4v) is 3.60. The van der Waals surface area contributed by atoms with E-state index in [4.69, 9.17) is 5.73 Å². The molecule has 31 heavy (non-hydrogen) atoms. The molecule has 0 spiro atoms. The zero-order chi connectivity index (χ0) is 22.6. The lowest BCUT2D eigenvalue weighted by molar-refractivity contribution is -0.140. The summed E-state index contributed by atoms with van der Waals surface area (Å²) < 4.78 is 0. The van der Waals surface area contributed by atoms with Gasteiger partial charge in [-0.05, 0) is 17.7 Å². The lowest BCUT2D eigenvalue weighted by atomic mass is 10.2. The van der Waals surface area contributed by atoms with Crippen molar-refractivity contribution in [3.8, 4) is 0 Å². The predicted octanol–water partition coefficient (Wildman–Crippen LogP) is -0.641. The van der Waals surface area contributed by atoms with Gasteiger partial charge in [0.2, 0.25) is 0 Å². The second kappa shape index (κ2) is 13.0. The van der Waals surface area contributed by atoms with Crippen molar-refractivity contribution in [2.45, 2.75) is 6.54 Å². The number of hydrogen-bond acceptors (Lipinski definition) is 8. The van der Waals surface area contributed by atoms with E-state index in [0.717, 1.165) is 11.8 Å². The second-order valence-electron chi connectivity index (χ2n) is 7.82. The number of carbonyl (C=O) groups excluding carboxylic acids is 1. The van der Waals surface area contributed by atoms with Crippen LogP contribution in [0.2, 0.25) is 0 Å². The quantitative estimate of drug-likeness (QED) is 0.358. The van der Waals surface area contributed by atoms with E-state index in [1.54, 1.807) is 4.90 Å². The van der Waals surface area contributed by atoms with Gasteiger partial charge in [0.15, 0.2) is 0 Å². The van der Waals surface area contributed by atoms with Crippen LogP contribution in [-0.2, 0) is 20.9 Å². The molecule has 10 heteroatoms. The molecule has 0 saturated carbocycles. The van der Waals surface area contributed by atoms with Gasteiger partial charge >= 0.3 is 11.9 Å². The van der Waals surface area contributed by atoms with Gasteiger partial charge in [-0.3, -0.25) is 29.2 Å². The van der Waals surface area contributed by atoms with Gasteiger partial charge in [0, 0.05) is 64.6 Å². The number of nitrogen functional groups attached to an aromatic ring is 1. The Kier molecular flexibility index (Phi) is 10.4. The van der Waals surface area contributed by atoms with Gasteiger partial charge in [0.25, 0.3) is 0 Å².